The SMILES string of the molecule is C=CC(=O)Oc1ccc(-c2cc3c(CCCCOC(=O)C(=C)C)cc(CCCCOC(=O)C(=C)C)cc3oc2=O)cc1. The fraction of sp³-hybridized carbons (Fsp3) is 0.294. The summed E-state index contributed by atoms with van der Waals surface area (Å²) in [6, 6.07) is 12.4. The Morgan fingerprint density at radius 1 is 0.833 bits per heavy atom. The highest BCUT2D eigenvalue weighted by Gasteiger charge is 2.14. The Morgan fingerprint density at radius 2 is 1.43 bits per heavy atom. The number of carbonyl (C=O) groups is 3. The normalized spacial score (nSPS) is 10.6. The summed E-state index contributed by atoms with van der Waals surface area (Å²) in [6.45, 7) is 14.4. The number of aryl methyl sites for hydroxylation is 2. The Balaban J connectivity index is 1.83. The second-order valence-electron chi connectivity index (χ2n) is 10.0. The third-order valence-corrected chi connectivity index (χ3v) is 6.41. The van der Waals surface area contributed by atoms with Crippen molar-refractivity contribution in [2.75, 3.05) is 13.2 Å². The van der Waals surface area contributed by atoms with Crippen LogP contribution in [0.2, 0.25) is 0 Å². The van der Waals surface area contributed by atoms with Crippen LogP contribution in [-0.2, 0) is 36.7 Å². The lowest BCUT2D eigenvalue weighted by Gasteiger charge is -2.12. The molecule has 0 unspecified atom stereocenters. The van der Waals surface area contributed by atoms with Crippen LogP contribution in [0.5, 0.6) is 5.75 Å². The highest BCUT2D eigenvalue weighted by Crippen LogP contribution is 2.28. The first kappa shape index (κ1) is 31.8. The molecule has 0 atom stereocenters. The van der Waals surface area contributed by atoms with Crippen LogP contribution < -0.4 is 10.4 Å². The summed E-state index contributed by atoms with van der Waals surface area (Å²) >= 11 is 0. The highest BCUT2D eigenvalue weighted by atomic mass is 16.5. The molecule has 42 heavy (non-hydrogen) atoms. The second-order valence-corrected chi connectivity index (χ2v) is 10.0. The number of hydrogen-bond donors (Lipinski definition) is 0. The predicted molar refractivity (Wildman–Crippen MR) is 161 cm³/mol. The lowest BCUT2D eigenvalue weighted by Crippen LogP contribution is -2.07. The maximum atomic E-state index is 13.0. The molecule has 8 heteroatoms. The van der Waals surface area contributed by atoms with Gasteiger partial charge in [0.2, 0.25) is 0 Å². The van der Waals surface area contributed by atoms with E-state index < -0.39 is 23.5 Å². The topological polar surface area (TPSA) is 109 Å². The van der Waals surface area contributed by atoms with Crippen molar-refractivity contribution in [1.82, 2.24) is 0 Å². The summed E-state index contributed by atoms with van der Waals surface area (Å²) in [5, 5.41) is 0.810. The number of esters is 3. The molecule has 1 aromatic heterocycles. The molecule has 0 amide bonds. The average molecular weight is 573 g/mol. The number of ether oxygens (including phenoxy) is 3. The number of hydrogen-bond acceptors (Lipinski definition) is 8. The summed E-state index contributed by atoms with van der Waals surface area (Å²) in [5.41, 5.74) is 3.73. The molecule has 0 N–H and O–H groups in total. The van der Waals surface area contributed by atoms with Gasteiger partial charge in [-0.15, -0.1) is 0 Å². The molecule has 3 rings (SSSR count). The second kappa shape index (κ2) is 15.3. The van der Waals surface area contributed by atoms with Crippen LogP contribution in [-0.4, -0.2) is 31.1 Å². The fourth-order valence-electron chi connectivity index (χ4n) is 4.19. The minimum Gasteiger partial charge on any atom is -0.462 e. The van der Waals surface area contributed by atoms with Crippen LogP contribution in [0.3, 0.4) is 0 Å². The van der Waals surface area contributed by atoms with E-state index in [1.165, 1.54) is 0 Å². The van der Waals surface area contributed by atoms with Gasteiger partial charge in [-0.25, -0.2) is 19.2 Å². The van der Waals surface area contributed by atoms with E-state index in [0.29, 0.717) is 65.9 Å². The van der Waals surface area contributed by atoms with Crippen molar-refractivity contribution in [1.29, 1.82) is 0 Å². The van der Waals surface area contributed by atoms with Gasteiger partial charge in [0, 0.05) is 22.6 Å². The van der Waals surface area contributed by atoms with Gasteiger partial charge in [0.1, 0.15) is 11.3 Å². The molecule has 0 aliphatic rings. The zero-order valence-corrected chi connectivity index (χ0v) is 24.2. The van der Waals surface area contributed by atoms with Gasteiger partial charge >= 0.3 is 23.5 Å². The zero-order valence-electron chi connectivity index (χ0n) is 24.2. The van der Waals surface area contributed by atoms with E-state index in [2.05, 4.69) is 25.8 Å². The van der Waals surface area contributed by atoms with E-state index in [0.717, 1.165) is 35.4 Å². The van der Waals surface area contributed by atoms with Crippen LogP contribution in [0.4, 0.5) is 0 Å². The van der Waals surface area contributed by atoms with Gasteiger partial charge in [-0.05, 0) is 93.3 Å². The molecule has 0 fully saturated rings. The first-order valence-electron chi connectivity index (χ1n) is 13.8. The molecule has 0 spiro atoms. The van der Waals surface area contributed by atoms with E-state index >= 15 is 0 Å². The minimum absolute atomic E-state index is 0.287. The molecule has 0 radical (unpaired) electrons. The van der Waals surface area contributed by atoms with Gasteiger partial charge in [-0.3, -0.25) is 0 Å². The predicted octanol–water partition coefficient (Wildman–Crippen LogP) is 6.44. The quantitative estimate of drug-likeness (QED) is 0.0673. The fourth-order valence-corrected chi connectivity index (χ4v) is 4.19. The van der Waals surface area contributed by atoms with Crippen molar-refractivity contribution in [2.24, 2.45) is 0 Å². The van der Waals surface area contributed by atoms with E-state index in [9.17, 15) is 19.2 Å². The maximum absolute atomic E-state index is 13.0. The lowest BCUT2D eigenvalue weighted by molar-refractivity contribution is -0.139. The monoisotopic (exact) mass is 572 g/mol. The van der Waals surface area contributed by atoms with Gasteiger partial charge < -0.3 is 18.6 Å². The first-order valence-corrected chi connectivity index (χ1v) is 13.8. The summed E-state index contributed by atoms with van der Waals surface area (Å²) in [6.07, 6.45) is 5.32. The van der Waals surface area contributed by atoms with E-state index in [1.807, 2.05) is 12.1 Å². The molecule has 0 bridgehead atoms. The summed E-state index contributed by atoms with van der Waals surface area (Å²) in [5.74, 6) is -1.05. The Morgan fingerprint density at radius 3 is 2.00 bits per heavy atom. The van der Waals surface area contributed by atoms with Crippen LogP contribution in [0.25, 0.3) is 22.1 Å². The van der Waals surface area contributed by atoms with Crippen molar-refractivity contribution in [3.63, 3.8) is 0 Å². The van der Waals surface area contributed by atoms with Crippen molar-refractivity contribution in [3.8, 4) is 16.9 Å². The molecule has 0 saturated heterocycles. The number of unbranched alkanes of at least 4 members (excludes halogenated alkanes) is 2. The van der Waals surface area contributed by atoms with Crippen molar-refractivity contribution < 1.29 is 33.0 Å². The Hall–Kier alpha value is -4.72. The summed E-state index contributed by atoms with van der Waals surface area (Å²) < 4.78 is 21.3. The highest BCUT2D eigenvalue weighted by molar-refractivity contribution is 5.88. The van der Waals surface area contributed by atoms with Crippen LogP contribution >= 0.6 is 0 Å². The van der Waals surface area contributed by atoms with Gasteiger partial charge in [0.25, 0.3) is 0 Å². The van der Waals surface area contributed by atoms with Gasteiger partial charge in [-0.2, -0.15) is 0 Å². The third-order valence-electron chi connectivity index (χ3n) is 6.41. The smallest absolute Gasteiger partial charge is 0.344 e. The Kier molecular flexibility index (Phi) is 11.6. The zero-order chi connectivity index (χ0) is 30.6. The van der Waals surface area contributed by atoms with Crippen LogP contribution in [0, 0.1) is 0 Å². The summed E-state index contributed by atoms with van der Waals surface area (Å²) in [7, 11) is 0. The number of rotatable bonds is 15. The third kappa shape index (κ3) is 9.16. The van der Waals surface area contributed by atoms with Crippen LogP contribution in [0.1, 0.15) is 50.7 Å². The van der Waals surface area contributed by atoms with Gasteiger partial charge in [0.05, 0.1) is 18.8 Å². The molecular formula is C34H36O8. The first-order chi connectivity index (χ1) is 20.1. The summed E-state index contributed by atoms with van der Waals surface area (Å²) in [4.78, 5) is 47.8. The molecule has 0 aliphatic heterocycles. The van der Waals surface area contributed by atoms with Crippen molar-refractivity contribution >= 4 is 28.9 Å². The molecular weight excluding hydrogens is 536 g/mol. The van der Waals surface area contributed by atoms with Gasteiger partial charge in [-0.1, -0.05) is 37.9 Å². The molecule has 2 aromatic carbocycles. The molecule has 1 heterocycles. The lowest BCUT2D eigenvalue weighted by atomic mass is 9.96. The number of benzene rings is 2. The maximum Gasteiger partial charge on any atom is 0.344 e. The molecule has 220 valence electrons. The Labute approximate surface area is 245 Å². The average Bonchev–Trinajstić information content (AvgIpc) is 2.96. The number of carbonyl (C=O) groups excluding carboxylic acids is 3. The van der Waals surface area contributed by atoms with Gasteiger partial charge in [0.15, 0.2) is 0 Å². The number of fused-ring (bicyclic) bond motifs is 1. The van der Waals surface area contributed by atoms with Crippen molar-refractivity contribution in [3.05, 3.63) is 101 Å². The van der Waals surface area contributed by atoms with Crippen LogP contribution in [0.15, 0.2) is 88.6 Å². The van der Waals surface area contributed by atoms with E-state index in [1.54, 1.807) is 38.1 Å². The van der Waals surface area contributed by atoms with E-state index in [4.69, 9.17) is 18.6 Å². The van der Waals surface area contributed by atoms with Crippen molar-refractivity contribution in [2.45, 2.75) is 52.4 Å². The standard InChI is InChI=1S/C34H36O8/c1-6-31(35)41-27-15-13-25(14-16-27)29-21-28-26(12-8-10-18-40-33(37)23(4)5)19-24(20-30(28)42-34(29)38)11-7-9-17-39-32(36)22(2)3/h6,13-16,19-21H,1-2,4,7-12,17-18H2,3,5H3. The minimum atomic E-state index is -0.573. The molecule has 0 saturated carbocycles. The molecule has 8 nitrogen and oxygen atoms in total. The van der Waals surface area contributed by atoms with E-state index in [-0.39, 0.29) is 6.61 Å². The largest absolute Gasteiger partial charge is 0.462 e. The Bertz CT molecular complexity index is 1540. The molecule has 3 aromatic rings. The molecule has 0 aliphatic carbocycles.